The van der Waals surface area contributed by atoms with Crippen LogP contribution >= 0.6 is 11.3 Å². The number of fused-ring (bicyclic) bond motifs is 2. The number of nitrogens with zero attached hydrogens (tertiary/aromatic N) is 2. The van der Waals surface area contributed by atoms with Crippen molar-refractivity contribution in [2.45, 2.75) is 18.5 Å². The van der Waals surface area contributed by atoms with Crippen molar-refractivity contribution in [1.82, 2.24) is 20.2 Å². The molecule has 2 unspecified atom stereocenters. The number of imide groups is 1. The maximum absolute atomic E-state index is 13.7. The predicted molar refractivity (Wildman–Crippen MR) is 143 cm³/mol. The van der Waals surface area contributed by atoms with Gasteiger partial charge in [0.25, 0.3) is 5.91 Å². The summed E-state index contributed by atoms with van der Waals surface area (Å²) >= 11 is 1.02. The second-order valence-corrected chi connectivity index (χ2v) is 9.95. The van der Waals surface area contributed by atoms with Gasteiger partial charge in [0.05, 0.1) is 7.11 Å². The number of carbonyl (C=O) groups is 4. The number of hydrogen-bond donors (Lipinski definition) is 3. The molecule has 0 bridgehead atoms. The van der Waals surface area contributed by atoms with E-state index in [1.54, 1.807) is 24.4 Å². The standard InChI is InChI=1S/C27H23N5O7S/c1-37-25(35)18-13-40-26(29-18)31-23(33)19(10-15-12-28-17-5-3-2-4-16(15)17)32-24(34)22(30-27(32)36)14-6-7-20-21(11-14)39-9-8-38-20/h2-7,11-13,19,22,28H,8-10H2,1H3,(H,30,36)(H,29,31,33). The Balaban J connectivity index is 1.32. The Kier molecular flexibility index (Phi) is 6.56. The van der Waals surface area contributed by atoms with E-state index in [2.05, 4.69) is 25.3 Å². The fourth-order valence-electron chi connectivity index (χ4n) is 4.78. The zero-order valence-electron chi connectivity index (χ0n) is 21.1. The zero-order chi connectivity index (χ0) is 27.8. The quantitative estimate of drug-likeness (QED) is 0.230. The van der Waals surface area contributed by atoms with Gasteiger partial charge in [-0.25, -0.2) is 19.5 Å². The maximum Gasteiger partial charge on any atom is 0.357 e. The van der Waals surface area contributed by atoms with Gasteiger partial charge in [0.15, 0.2) is 22.3 Å². The van der Waals surface area contributed by atoms with Crippen LogP contribution < -0.4 is 20.1 Å². The van der Waals surface area contributed by atoms with Gasteiger partial charge < -0.3 is 29.8 Å². The molecule has 2 aromatic carbocycles. The molecular formula is C27H23N5O7S. The largest absolute Gasteiger partial charge is 0.486 e. The highest BCUT2D eigenvalue weighted by Gasteiger charge is 2.46. The highest BCUT2D eigenvalue weighted by atomic mass is 32.1. The lowest BCUT2D eigenvalue weighted by atomic mass is 10.0. The van der Waals surface area contributed by atoms with Crippen molar-refractivity contribution < 1.29 is 33.4 Å². The number of benzene rings is 2. The molecule has 6 rings (SSSR count). The molecule has 2 aromatic heterocycles. The molecule has 2 aliphatic rings. The third kappa shape index (κ3) is 4.60. The lowest BCUT2D eigenvalue weighted by molar-refractivity contribution is -0.134. The molecule has 40 heavy (non-hydrogen) atoms. The highest BCUT2D eigenvalue weighted by molar-refractivity contribution is 7.14. The molecule has 2 aliphatic heterocycles. The van der Waals surface area contributed by atoms with Crippen LogP contribution in [-0.4, -0.2) is 65.0 Å². The number of methoxy groups -OCH3 is 1. The van der Waals surface area contributed by atoms with Gasteiger partial charge in [0.1, 0.15) is 25.3 Å². The normalized spacial score (nSPS) is 17.0. The summed E-state index contributed by atoms with van der Waals surface area (Å²) in [5.41, 5.74) is 2.13. The number of anilines is 1. The number of carbonyl (C=O) groups excluding carboxylic acids is 4. The highest BCUT2D eigenvalue weighted by Crippen LogP contribution is 2.35. The van der Waals surface area contributed by atoms with Gasteiger partial charge in [-0.15, -0.1) is 11.3 Å². The molecular weight excluding hydrogens is 538 g/mol. The number of esters is 1. The van der Waals surface area contributed by atoms with E-state index in [1.807, 2.05) is 24.3 Å². The van der Waals surface area contributed by atoms with E-state index in [0.717, 1.165) is 32.7 Å². The van der Waals surface area contributed by atoms with E-state index in [9.17, 15) is 19.2 Å². The second-order valence-electron chi connectivity index (χ2n) is 9.09. The third-order valence-corrected chi connectivity index (χ3v) is 7.46. The number of hydrogen-bond acceptors (Lipinski definition) is 9. The van der Waals surface area contributed by atoms with Crippen molar-refractivity contribution in [3.8, 4) is 11.5 Å². The van der Waals surface area contributed by atoms with Crippen molar-refractivity contribution in [1.29, 1.82) is 0 Å². The first kappa shape index (κ1) is 25.4. The fraction of sp³-hybridized carbons (Fsp3) is 0.222. The number of thiazole rings is 1. The van der Waals surface area contributed by atoms with E-state index >= 15 is 0 Å². The molecule has 2 atom stereocenters. The van der Waals surface area contributed by atoms with Gasteiger partial charge in [-0.05, 0) is 29.3 Å². The molecule has 4 heterocycles. The number of aromatic nitrogens is 2. The molecule has 4 aromatic rings. The Morgan fingerprint density at radius 1 is 1.18 bits per heavy atom. The molecule has 1 fully saturated rings. The molecule has 13 heteroatoms. The summed E-state index contributed by atoms with van der Waals surface area (Å²) in [6.45, 7) is 0.791. The van der Waals surface area contributed by atoms with Crippen molar-refractivity contribution >= 4 is 51.2 Å². The number of nitrogens with one attached hydrogen (secondary N) is 3. The Bertz CT molecular complexity index is 1650. The molecule has 204 valence electrons. The van der Waals surface area contributed by atoms with E-state index in [-0.39, 0.29) is 17.2 Å². The smallest absolute Gasteiger partial charge is 0.357 e. The maximum atomic E-state index is 13.7. The fourth-order valence-corrected chi connectivity index (χ4v) is 5.47. The minimum absolute atomic E-state index is 0.0321. The van der Waals surface area contributed by atoms with E-state index < -0.39 is 35.9 Å². The SMILES string of the molecule is COC(=O)c1csc(NC(=O)C(Cc2c[nH]c3ccccc23)N2C(=O)NC(c3ccc4c(c3)OCCO4)C2=O)n1. The molecule has 4 amide bonds. The van der Waals surface area contributed by atoms with Gasteiger partial charge in [0, 0.05) is 28.9 Å². The van der Waals surface area contributed by atoms with E-state index in [0.29, 0.717) is 30.3 Å². The Morgan fingerprint density at radius 2 is 1.98 bits per heavy atom. The van der Waals surface area contributed by atoms with Crippen LogP contribution in [0.2, 0.25) is 0 Å². The van der Waals surface area contributed by atoms with Crippen LogP contribution in [0.1, 0.15) is 27.7 Å². The van der Waals surface area contributed by atoms with Crippen LogP contribution in [0.25, 0.3) is 10.9 Å². The van der Waals surface area contributed by atoms with Crippen molar-refractivity contribution in [3.63, 3.8) is 0 Å². The van der Waals surface area contributed by atoms with Crippen LogP contribution in [0, 0.1) is 0 Å². The summed E-state index contributed by atoms with van der Waals surface area (Å²) in [5, 5.41) is 7.79. The molecule has 0 radical (unpaired) electrons. The number of H-pyrrole nitrogens is 1. The minimum atomic E-state index is -1.22. The number of urea groups is 1. The molecule has 1 saturated heterocycles. The average molecular weight is 562 g/mol. The third-order valence-electron chi connectivity index (χ3n) is 6.70. The Hall–Kier alpha value is -4.91. The minimum Gasteiger partial charge on any atom is -0.486 e. The summed E-state index contributed by atoms with van der Waals surface area (Å²) < 4.78 is 15.9. The van der Waals surface area contributed by atoms with Gasteiger partial charge in [-0.3, -0.25) is 9.59 Å². The predicted octanol–water partition coefficient (Wildman–Crippen LogP) is 3.03. The summed E-state index contributed by atoms with van der Waals surface area (Å²) in [6.07, 6.45) is 1.79. The number of aromatic amines is 1. The molecule has 12 nitrogen and oxygen atoms in total. The van der Waals surface area contributed by atoms with Crippen LogP contribution in [0.5, 0.6) is 11.5 Å². The van der Waals surface area contributed by atoms with Gasteiger partial charge in [-0.1, -0.05) is 24.3 Å². The Labute approximate surface area is 231 Å². The van der Waals surface area contributed by atoms with Crippen molar-refractivity contribution in [2.24, 2.45) is 0 Å². The Morgan fingerprint density at radius 3 is 2.80 bits per heavy atom. The van der Waals surface area contributed by atoms with E-state index in [1.165, 1.54) is 12.5 Å². The number of ether oxygens (including phenoxy) is 3. The topological polar surface area (TPSA) is 152 Å². The summed E-state index contributed by atoms with van der Waals surface area (Å²) in [5.74, 6) is -0.848. The first-order valence-corrected chi connectivity index (χ1v) is 13.2. The number of amides is 4. The summed E-state index contributed by atoms with van der Waals surface area (Å²) in [6, 6.07) is 9.59. The van der Waals surface area contributed by atoms with Gasteiger partial charge in [-0.2, -0.15) is 0 Å². The van der Waals surface area contributed by atoms with Gasteiger partial charge in [0.2, 0.25) is 5.91 Å². The van der Waals surface area contributed by atoms with Gasteiger partial charge >= 0.3 is 12.0 Å². The molecule has 0 saturated carbocycles. The molecule has 0 spiro atoms. The van der Waals surface area contributed by atoms with Crippen LogP contribution in [0.15, 0.2) is 54.0 Å². The van der Waals surface area contributed by atoms with Crippen LogP contribution in [0.4, 0.5) is 9.93 Å². The van der Waals surface area contributed by atoms with E-state index in [4.69, 9.17) is 9.47 Å². The first-order valence-electron chi connectivity index (χ1n) is 12.4. The average Bonchev–Trinajstić information content (AvgIpc) is 3.68. The van der Waals surface area contributed by atoms with Crippen LogP contribution in [-0.2, 0) is 20.7 Å². The lowest BCUT2D eigenvalue weighted by Crippen LogP contribution is -2.49. The monoisotopic (exact) mass is 561 g/mol. The molecule has 3 N–H and O–H groups in total. The summed E-state index contributed by atoms with van der Waals surface area (Å²) in [4.78, 5) is 60.6. The van der Waals surface area contributed by atoms with Crippen molar-refractivity contribution in [3.05, 3.63) is 70.9 Å². The van der Waals surface area contributed by atoms with Crippen molar-refractivity contribution in [2.75, 3.05) is 25.6 Å². The zero-order valence-corrected chi connectivity index (χ0v) is 21.9. The molecule has 0 aliphatic carbocycles. The number of para-hydroxylation sites is 1. The first-order chi connectivity index (χ1) is 19.4. The number of rotatable bonds is 7. The summed E-state index contributed by atoms with van der Waals surface area (Å²) in [7, 11) is 1.23. The lowest BCUT2D eigenvalue weighted by Gasteiger charge is -2.24. The van der Waals surface area contributed by atoms with Crippen LogP contribution in [0.3, 0.4) is 0 Å². The second kappa shape index (κ2) is 10.3.